The van der Waals surface area contributed by atoms with E-state index in [4.69, 9.17) is 0 Å². The van der Waals surface area contributed by atoms with Crippen molar-refractivity contribution >= 4 is 27.3 Å². The molecule has 0 spiro atoms. The summed E-state index contributed by atoms with van der Waals surface area (Å²) in [4.78, 5) is 14.4. The molecule has 0 aliphatic carbocycles. The lowest BCUT2D eigenvalue weighted by Gasteiger charge is -2.32. The highest BCUT2D eigenvalue weighted by atomic mass is 32.2. The Morgan fingerprint density at radius 2 is 1.64 bits per heavy atom. The Bertz CT molecular complexity index is 863. The summed E-state index contributed by atoms with van der Waals surface area (Å²) >= 11 is 0. The van der Waals surface area contributed by atoms with Crippen molar-refractivity contribution in [2.24, 2.45) is 0 Å². The van der Waals surface area contributed by atoms with E-state index in [9.17, 15) is 13.2 Å². The summed E-state index contributed by atoms with van der Waals surface area (Å²) in [6.07, 6.45) is 1.13. The van der Waals surface area contributed by atoms with Gasteiger partial charge in [0.05, 0.1) is 11.9 Å². The van der Waals surface area contributed by atoms with Gasteiger partial charge in [-0.2, -0.15) is 0 Å². The van der Waals surface area contributed by atoms with Crippen LogP contribution in [0, 0.1) is 13.8 Å². The van der Waals surface area contributed by atoms with Gasteiger partial charge in [-0.25, -0.2) is 8.42 Å². The Morgan fingerprint density at radius 3 is 2.20 bits per heavy atom. The molecule has 5 nitrogen and oxygen atoms in total. The number of benzene rings is 2. The first kappa shape index (κ1) is 19.0. The molecule has 2 aromatic rings. The van der Waals surface area contributed by atoms with Crippen LogP contribution in [-0.2, 0) is 14.8 Å². The number of hydrogen-bond donors (Lipinski definition) is 0. The third-order valence-electron chi connectivity index (χ3n) is 4.14. The Labute approximate surface area is 149 Å². The molecule has 0 fully saturated rings. The largest absolute Gasteiger partial charge is 0.314 e. The first-order chi connectivity index (χ1) is 11.6. The Kier molecular flexibility index (Phi) is 5.52. The number of para-hydroxylation sites is 1. The quantitative estimate of drug-likeness (QED) is 0.823. The second-order valence-corrected chi connectivity index (χ2v) is 8.12. The molecule has 0 aromatic heterocycles. The molecule has 0 saturated carbocycles. The van der Waals surface area contributed by atoms with E-state index in [0.29, 0.717) is 11.4 Å². The van der Waals surface area contributed by atoms with Crippen LogP contribution in [0.1, 0.15) is 18.1 Å². The molecule has 134 valence electrons. The number of likely N-dealkylation sites (N-methyl/N-ethyl adjacent to an activating group) is 1. The van der Waals surface area contributed by atoms with E-state index in [1.165, 1.54) is 9.21 Å². The summed E-state index contributed by atoms with van der Waals surface area (Å²) in [5.74, 6) is -0.294. The molecule has 0 unspecified atom stereocenters. The predicted molar refractivity (Wildman–Crippen MR) is 103 cm³/mol. The standard InChI is InChI=1S/C19H24N2O3S/c1-14-11-12-15(2)18(13-14)21(25(5,23)24)16(3)19(22)20(4)17-9-7-6-8-10-17/h6-13,16H,1-5H3/t16-/m1/s1. The van der Waals surface area contributed by atoms with E-state index in [2.05, 4.69) is 0 Å². The number of sulfonamides is 1. The molecule has 0 aliphatic rings. The zero-order valence-corrected chi connectivity index (χ0v) is 16.0. The van der Waals surface area contributed by atoms with Gasteiger partial charge in [-0.3, -0.25) is 9.10 Å². The SMILES string of the molecule is Cc1ccc(C)c(N([C@H](C)C(=O)N(C)c2ccccc2)S(C)(=O)=O)c1. The smallest absolute Gasteiger partial charge is 0.250 e. The van der Waals surface area contributed by atoms with E-state index in [-0.39, 0.29) is 5.91 Å². The highest BCUT2D eigenvalue weighted by molar-refractivity contribution is 7.92. The maximum absolute atomic E-state index is 12.9. The summed E-state index contributed by atoms with van der Waals surface area (Å²) in [5.41, 5.74) is 2.99. The second-order valence-electron chi connectivity index (χ2n) is 6.26. The van der Waals surface area contributed by atoms with E-state index in [1.807, 2.05) is 56.3 Å². The molecular formula is C19H24N2O3S. The molecule has 0 saturated heterocycles. The van der Waals surface area contributed by atoms with Crippen LogP contribution in [0.2, 0.25) is 0 Å². The van der Waals surface area contributed by atoms with Crippen LogP contribution >= 0.6 is 0 Å². The summed E-state index contributed by atoms with van der Waals surface area (Å²) in [6, 6.07) is 13.9. The summed E-state index contributed by atoms with van der Waals surface area (Å²) < 4.78 is 26.1. The summed E-state index contributed by atoms with van der Waals surface area (Å²) in [5, 5.41) is 0. The fourth-order valence-corrected chi connectivity index (χ4v) is 4.01. The van der Waals surface area contributed by atoms with Crippen molar-refractivity contribution < 1.29 is 13.2 Å². The van der Waals surface area contributed by atoms with Crippen molar-refractivity contribution in [2.45, 2.75) is 26.8 Å². The molecule has 0 bridgehead atoms. The van der Waals surface area contributed by atoms with Gasteiger partial charge in [0.25, 0.3) is 0 Å². The molecule has 0 radical (unpaired) electrons. The van der Waals surface area contributed by atoms with Gasteiger partial charge in [-0.1, -0.05) is 30.3 Å². The lowest BCUT2D eigenvalue weighted by molar-refractivity contribution is -0.119. The normalized spacial score (nSPS) is 12.5. The number of rotatable bonds is 5. The van der Waals surface area contributed by atoms with E-state index >= 15 is 0 Å². The van der Waals surface area contributed by atoms with Crippen LogP contribution in [0.5, 0.6) is 0 Å². The maximum atomic E-state index is 12.9. The lowest BCUT2D eigenvalue weighted by Crippen LogP contribution is -2.48. The van der Waals surface area contributed by atoms with Crippen molar-refractivity contribution in [3.63, 3.8) is 0 Å². The Morgan fingerprint density at radius 1 is 1.04 bits per heavy atom. The minimum absolute atomic E-state index is 0.294. The average Bonchev–Trinajstić information content (AvgIpc) is 2.56. The van der Waals surface area contributed by atoms with Gasteiger partial charge in [0, 0.05) is 12.7 Å². The zero-order valence-electron chi connectivity index (χ0n) is 15.2. The van der Waals surface area contributed by atoms with Crippen molar-refractivity contribution in [3.8, 4) is 0 Å². The second kappa shape index (κ2) is 7.27. The minimum atomic E-state index is -3.63. The average molecular weight is 360 g/mol. The minimum Gasteiger partial charge on any atom is -0.314 e. The number of amides is 1. The zero-order chi connectivity index (χ0) is 18.8. The highest BCUT2D eigenvalue weighted by Gasteiger charge is 2.32. The van der Waals surface area contributed by atoms with Gasteiger partial charge < -0.3 is 4.90 Å². The van der Waals surface area contributed by atoms with Gasteiger partial charge in [-0.15, -0.1) is 0 Å². The van der Waals surface area contributed by atoms with E-state index in [1.54, 1.807) is 20.0 Å². The summed E-state index contributed by atoms with van der Waals surface area (Å²) in [7, 11) is -1.98. The molecule has 0 heterocycles. The highest BCUT2D eigenvalue weighted by Crippen LogP contribution is 2.27. The predicted octanol–water partition coefficient (Wildman–Crippen LogP) is 3.12. The number of aryl methyl sites for hydroxylation is 2. The van der Waals surface area contributed by atoms with E-state index in [0.717, 1.165) is 17.4 Å². The molecule has 1 atom stereocenters. The van der Waals surface area contributed by atoms with Crippen molar-refractivity contribution in [1.82, 2.24) is 0 Å². The molecule has 2 rings (SSSR count). The van der Waals surface area contributed by atoms with Crippen LogP contribution < -0.4 is 9.21 Å². The number of hydrogen-bond acceptors (Lipinski definition) is 3. The molecule has 0 N–H and O–H groups in total. The monoisotopic (exact) mass is 360 g/mol. The number of nitrogens with zero attached hydrogens (tertiary/aromatic N) is 2. The lowest BCUT2D eigenvalue weighted by atomic mass is 10.1. The van der Waals surface area contributed by atoms with Crippen LogP contribution in [0.3, 0.4) is 0 Å². The van der Waals surface area contributed by atoms with Gasteiger partial charge in [0.15, 0.2) is 0 Å². The Balaban J connectivity index is 2.45. The first-order valence-electron chi connectivity index (χ1n) is 8.02. The number of carbonyl (C=O) groups excluding carboxylic acids is 1. The van der Waals surface area contributed by atoms with Crippen LogP contribution in [-0.4, -0.2) is 33.7 Å². The van der Waals surface area contributed by atoms with Gasteiger partial charge in [0.1, 0.15) is 6.04 Å². The molecule has 6 heteroatoms. The number of carbonyl (C=O) groups is 1. The fourth-order valence-electron chi connectivity index (χ4n) is 2.79. The summed E-state index contributed by atoms with van der Waals surface area (Å²) in [6.45, 7) is 5.35. The molecule has 2 aromatic carbocycles. The third-order valence-corrected chi connectivity index (χ3v) is 5.37. The van der Waals surface area contributed by atoms with E-state index < -0.39 is 16.1 Å². The van der Waals surface area contributed by atoms with Crippen molar-refractivity contribution in [1.29, 1.82) is 0 Å². The number of anilines is 2. The van der Waals surface area contributed by atoms with Crippen LogP contribution in [0.15, 0.2) is 48.5 Å². The van der Waals surface area contributed by atoms with Crippen LogP contribution in [0.4, 0.5) is 11.4 Å². The first-order valence-corrected chi connectivity index (χ1v) is 9.87. The van der Waals surface area contributed by atoms with Gasteiger partial charge >= 0.3 is 0 Å². The van der Waals surface area contributed by atoms with Crippen molar-refractivity contribution in [2.75, 3.05) is 22.5 Å². The third kappa shape index (κ3) is 4.20. The topological polar surface area (TPSA) is 57.7 Å². The molecule has 0 aliphatic heterocycles. The molecule has 25 heavy (non-hydrogen) atoms. The maximum Gasteiger partial charge on any atom is 0.250 e. The van der Waals surface area contributed by atoms with Gasteiger partial charge in [0.2, 0.25) is 15.9 Å². The van der Waals surface area contributed by atoms with Gasteiger partial charge in [-0.05, 0) is 50.1 Å². The van der Waals surface area contributed by atoms with Crippen LogP contribution in [0.25, 0.3) is 0 Å². The molecular weight excluding hydrogens is 336 g/mol. The molecule has 1 amide bonds. The fraction of sp³-hybridized carbons (Fsp3) is 0.316. The Hall–Kier alpha value is -2.34. The van der Waals surface area contributed by atoms with Crippen molar-refractivity contribution in [3.05, 3.63) is 59.7 Å².